The lowest BCUT2D eigenvalue weighted by Crippen LogP contribution is -2.37. The van der Waals surface area contributed by atoms with Gasteiger partial charge in [-0.15, -0.1) is 11.3 Å². The maximum atomic E-state index is 13.6. The molecular formula is C23H32N6OS. The van der Waals surface area contributed by atoms with Gasteiger partial charge in [0.05, 0.1) is 11.7 Å². The predicted octanol–water partition coefficient (Wildman–Crippen LogP) is 4.26. The van der Waals surface area contributed by atoms with Gasteiger partial charge in [-0.2, -0.15) is 0 Å². The third kappa shape index (κ3) is 4.15. The number of imidazole rings is 2. The van der Waals surface area contributed by atoms with E-state index in [2.05, 4.69) is 37.5 Å². The molecule has 166 valence electrons. The standard InChI is InChI=1S/C23H32N6OS/c1-26-14-10-24-21(26)18-9-5-8-13-28(18)17-19-20(25-23-29(19)15-16-31-23)22(30)27-11-6-3-2-4-7-12-27/h10,14-16,18H,2-9,11-13,17H2,1H3. The molecule has 31 heavy (non-hydrogen) atoms. The molecule has 2 saturated heterocycles. The number of amides is 1. The van der Waals surface area contributed by atoms with Gasteiger partial charge in [0.25, 0.3) is 5.91 Å². The molecule has 0 radical (unpaired) electrons. The van der Waals surface area contributed by atoms with E-state index in [1.54, 1.807) is 11.3 Å². The number of rotatable bonds is 4. The molecule has 0 saturated carbocycles. The summed E-state index contributed by atoms with van der Waals surface area (Å²) in [6, 6.07) is 0.280. The molecule has 8 heteroatoms. The lowest BCUT2D eigenvalue weighted by Gasteiger charge is -2.35. The van der Waals surface area contributed by atoms with Crippen LogP contribution in [0, 0.1) is 0 Å². The molecule has 0 bridgehead atoms. The number of thiazole rings is 1. The highest BCUT2D eigenvalue weighted by Gasteiger charge is 2.31. The highest BCUT2D eigenvalue weighted by atomic mass is 32.1. The average Bonchev–Trinajstić information content (AvgIpc) is 3.45. The molecule has 3 aromatic rings. The van der Waals surface area contributed by atoms with Crippen LogP contribution in [-0.2, 0) is 13.6 Å². The summed E-state index contributed by atoms with van der Waals surface area (Å²) in [6.07, 6.45) is 15.4. The van der Waals surface area contributed by atoms with E-state index >= 15 is 0 Å². The molecule has 0 N–H and O–H groups in total. The second-order valence-corrected chi connectivity index (χ2v) is 9.77. The summed E-state index contributed by atoms with van der Waals surface area (Å²) in [7, 11) is 2.07. The van der Waals surface area contributed by atoms with E-state index < -0.39 is 0 Å². The van der Waals surface area contributed by atoms with Crippen molar-refractivity contribution in [1.29, 1.82) is 0 Å². The van der Waals surface area contributed by atoms with Crippen LogP contribution in [0.5, 0.6) is 0 Å². The number of fused-ring (bicyclic) bond motifs is 1. The first kappa shape index (κ1) is 20.7. The second kappa shape index (κ2) is 9.12. The third-order valence-corrected chi connectivity index (χ3v) is 7.59. The predicted molar refractivity (Wildman–Crippen MR) is 122 cm³/mol. The van der Waals surface area contributed by atoms with Gasteiger partial charge in [-0.1, -0.05) is 25.7 Å². The fraction of sp³-hybridized carbons (Fsp3) is 0.609. The number of carbonyl (C=O) groups is 1. The van der Waals surface area contributed by atoms with Crippen LogP contribution in [0.1, 0.15) is 79.4 Å². The summed E-state index contributed by atoms with van der Waals surface area (Å²) < 4.78 is 4.26. The Bertz CT molecular complexity index is 1030. The molecule has 5 heterocycles. The number of hydrogen-bond donors (Lipinski definition) is 0. The molecule has 0 aromatic carbocycles. The zero-order valence-electron chi connectivity index (χ0n) is 18.4. The van der Waals surface area contributed by atoms with E-state index in [1.807, 2.05) is 17.3 Å². The van der Waals surface area contributed by atoms with Gasteiger partial charge in [0, 0.05) is 50.7 Å². The zero-order chi connectivity index (χ0) is 21.2. The SMILES string of the molecule is Cn1ccnc1C1CCCCN1Cc1c(C(=O)N2CCCCCCC2)nc2sccn12. The van der Waals surface area contributed by atoms with Gasteiger partial charge in [0.15, 0.2) is 10.7 Å². The third-order valence-electron chi connectivity index (χ3n) is 6.83. The maximum absolute atomic E-state index is 13.6. The Morgan fingerprint density at radius 1 is 1.06 bits per heavy atom. The van der Waals surface area contributed by atoms with E-state index in [1.165, 1.54) is 32.1 Å². The van der Waals surface area contributed by atoms with Crippen molar-refractivity contribution in [1.82, 2.24) is 28.7 Å². The summed E-state index contributed by atoms with van der Waals surface area (Å²) in [4.78, 5) is 28.5. The van der Waals surface area contributed by atoms with Gasteiger partial charge in [-0.3, -0.25) is 14.1 Å². The normalized spacial score (nSPS) is 21.3. The Morgan fingerprint density at radius 3 is 2.61 bits per heavy atom. The molecule has 5 rings (SSSR count). The molecule has 2 aliphatic heterocycles. The van der Waals surface area contributed by atoms with Crippen molar-refractivity contribution in [3.05, 3.63) is 41.2 Å². The van der Waals surface area contributed by atoms with Gasteiger partial charge in [0.1, 0.15) is 5.82 Å². The summed E-state index contributed by atoms with van der Waals surface area (Å²) in [5.74, 6) is 1.22. The number of nitrogens with zero attached hydrogens (tertiary/aromatic N) is 6. The largest absolute Gasteiger partial charge is 0.337 e. The number of likely N-dealkylation sites (tertiary alicyclic amines) is 2. The first-order valence-corrected chi connectivity index (χ1v) is 12.6. The Balaban J connectivity index is 1.45. The Hall–Kier alpha value is -2.19. The van der Waals surface area contributed by atoms with Crippen molar-refractivity contribution in [2.24, 2.45) is 7.05 Å². The number of aromatic nitrogens is 4. The van der Waals surface area contributed by atoms with E-state index in [9.17, 15) is 4.79 Å². The summed E-state index contributed by atoms with van der Waals surface area (Å²) in [5, 5.41) is 2.06. The number of hydrogen-bond acceptors (Lipinski definition) is 5. The molecule has 0 aliphatic carbocycles. The van der Waals surface area contributed by atoms with Gasteiger partial charge in [0.2, 0.25) is 0 Å². The van der Waals surface area contributed by atoms with Crippen LogP contribution < -0.4 is 0 Å². The molecule has 2 aliphatic rings. The van der Waals surface area contributed by atoms with Crippen LogP contribution in [0.3, 0.4) is 0 Å². The Morgan fingerprint density at radius 2 is 1.84 bits per heavy atom. The van der Waals surface area contributed by atoms with Gasteiger partial charge in [-0.25, -0.2) is 9.97 Å². The first-order valence-electron chi connectivity index (χ1n) is 11.7. The fourth-order valence-corrected chi connectivity index (χ4v) is 5.85. The van der Waals surface area contributed by atoms with Gasteiger partial charge < -0.3 is 9.47 Å². The van der Waals surface area contributed by atoms with E-state index in [0.717, 1.165) is 61.9 Å². The molecule has 1 atom stereocenters. The minimum atomic E-state index is 0.110. The lowest BCUT2D eigenvalue weighted by molar-refractivity contribution is 0.0731. The van der Waals surface area contributed by atoms with Crippen molar-refractivity contribution in [3.63, 3.8) is 0 Å². The highest BCUT2D eigenvalue weighted by molar-refractivity contribution is 7.15. The first-order chi connectivity index (χ1) is 15.2. The quantitative estimate of drug-likeness (QED) is 0.608. The molecule has 2 fully saturated rings. The summed E-state index contributed by atoms with van der Waals surface area (Å²) in [6.45, 7) is 3.45. The minimum Gasteiger partial charge on any atom is -0.337 e. The number of piperidine rings is 1. The lowest BCUT2D eigenvalue weighted by atomic mass is 10.0. The minimum absolute atomic E-state index is 0.110. The van der Waals surface area contributed by atoms with E-state index in [-0.39, 0.29) is 11.9 Å². The monoisotopic (exact) mass is 440 g/mol. The van der Waals surface area contributed by atoms with Crippen LogP contribution in [0.4, 0.5) is 0 Å². The van der Waals surface area contributed by atoms with Crippen molar-refractivity contribution in [2.45, 2.75) is 64.0 Å². The zero-order valence-corrected chi connectivity index (χ0v) is 19.2. The van der Waals surface area contributed by atoms with Crippen LogP contribution in [0.15, 0.2) is 24.0 Å². The second-order valence-electron chi connectivity index (χ2n) is 8.90. The van der Waals surface area contributed by atoms with Crippen molar-refractivity contribution in [2.75, 3.05) is 19.6 Å². The van der Waals surface area contributed by atoms with E-state index in [0.29, 0.717) is 5.69 Å². The highest BCUT2D eigenvalue weighted by Crippen LogP contribution is 2.32. The molecule has 1 unspecified atom stereocenters. The average molecular weight is 441 g/mol. The molecular weight excluding hydrogens is 408 g/mol. The van der Waals surface area contributed by atoms with E-state index in [4.69, 9.17) is 4.98 Å². The summed E-state index contributed by atoms with van der Waals surface area (Å²) >= 11 is 1.60. The van der Waals surface area contributed by atoms with Crippen molar-refractivity contribution in [3.8, 4) is 0 Å². The summed E-state index contributed by atoms with van der Waals surface area (Å²) in [5.41, 5.74) is 1.68. The van der Waals surface area contributed by atoms with Crippen molar-refractivity contribution >= 4 is 22.2 Å². The van der Waals surface area contributed by atoms with Gasteiger partial charge >= 0.3 is 0 Å². The molecule has 3 aromatic heterocycles. The maximum Gasteiger partial charge on any atom is 0.274 e. The molecule has 1 amide bonds. The van der Waals surface area contributed by atoms with Crippen LogP contribution in [0.2, 0.25) is 0 Å². The van der Waals surface area contributed by atoms with Crippen LogP contribution >= 0.6 is 11.3 Å². The Labute approximate surface area is 187 Å². The van der Waals surface area contributed by atoms with Gasteiger partial charge in [-0.05, 0) is 32.2 Å². The number of aryl methyl sites for hydroxylation is 1. The number of carbonyl (C=O) groups excluding carboxylic acids is 1. The molecule has 0 spiro atoms. The topological polar surface area (TPSA) is 58.7 Å². The van der Waals surface area contributed by atoms with Crippen LogP contribution in [-0.4, -0.2) is 54.3 Å². The van der Waals surface area contributed by atoms with Crippen molar-refractivity contribution < 1.29 is 4.79 Å². The fourth-order valence-electron chi connectivity index (χ4n) is 5.12. The smallest absolute Gasteiger partial charge is 0.274 e. The molecule has 7 nitrogen and oxygen atoms in total. The Kier molecular flexibility index (Phi) is 6.09. The van der Waals surface area contributed by atoms with Crippen LogP contribution in [0.25, 0.3) is 4.96 Å².